The van der Waals surface area contributed by atoms with Crippen LogP contribution in [-0.2, 0) is 6.54 Å². The Kier molecular flexibility index (Phi) is 7.66. The molecule has 1 aliphatic rings. The first-order valence-electron chi connectivity index (χ1n) is 11.2. The van der Waals surface area contributed by atoms with Crippen molar-refractivity contribution in [3.63, 3.8) is 0 Å². The van der Waals surface area contributed by atoms with Crippen molar-refractivity contribution in [3.05, 3.63) is 100 Å². The maximum absolute atomic E-state index is 11.7. The number of oxime groups is 1. The molecular weight excluding hydrogens is 448 g/mol. The van der Waals surface area contributed by atoms with E-state index in [0.717, 1.165) is 38.4 Å². The summed E-state index contributed by atoms with van der Waals surface area (Å²) in [4.78, 5) is 19.9. The molecule has 1 aliphatic heterocycles. The third-order valence-corrected chi connectivity index (χ3v) is 5.85. The number of nitro benzene ring substituents is 1. The summed E-state index contributed by atoms with van der Waals surface area (Å²) in [6.45, 7) is 4.09. The summed E-state index contributed by atoms with van der Waals surface area (Å²) in [6.07, 6.45) is 0. The van der Waals surface area contributed by atoms with Gasteiger partial charge >= 0.3 is 0 Å². The number of amidine groups is 1. The molecule has 0 spiro atoms. The van der Waals surface area contributed by atoms with Gasteiger partial charge in [0.2, 0.25) is 0 Å². The van der Waals surface area contributed by atoms with Crippen molar-refractivity contribution in [2.24, 2.45) is 10.1 Å². The van der Waals surface area contributed by atoms with Gasteiger partial charge in [-0.1, -0.05) is 65.8 Å². The first-order chi connectivity index (χ1) is 17.1. The maximum Gasteiger partial charge on any atom is 0.295 e. The van der Waals surface area contributed by atoms with E-state index in [0.29, 0.717) is 5.56 Å². The number of hydroxylamine groups is 1. The molecule has 35 heavy (non-hydrogen) atoms. The lowest BCUT2D eigenvalue weighted by atomic mass is 10.1. The van der Waals surface area contributed by atoms with E-state index >= 15 is 0 Å². The molecule has 1 fully saturated rings. The zero-order valence-corrected chi connectivity index (χ0v) is 19.0. The Morgan fingerprint density at radius 1 is 0.971 bits per heavy atom. The second-order valence-corrected chi connectivity index (χ2v) is 8.07. The largest absolute Gasteiger partial charge is 0.410 e. The third kappa shape index (κ3) is 5.81. The second kappa shape index (κ2) is 11.2. The van der Waals surface area contributed by atoms with Crippen LogP contribution in [0.1, 0.15) is 11.1 Å². The Balaban J connectivity index is 1.57. The molecule has 1 heterocycles. The van der Waals surface area contributed by atoms with Crippen LogP contribution in [0.25, 0.3) is 0 Å². The van der Waals surface area contributed by atoms with Crippen molar-refractivity contribution < 1.29 is 15.3 Å². The standard InChI is InChI=1S/C25H26N6O4/c32-27-24(20-9-5-2-6-10-20)25(28-33)26-22-17-21(11-12-23(22)31(34)35)30-15-13-29(14-16-30)18-19-7-3-1-4-8-19/h1-12,17,32-33H,13-16,18H2,(H,26,28). The summed E-state index contributed by atoms with van der Waals surface area (Å²) in [7, 11) is 0. The number of piperazine rings is 1. The van der Waals surface area contributed by atoms with Gasteiger partial charge in [-0.15, -0.1) is 0 Å². The summed E-state index contributed by atoms with van der Waals surface area (Å²) >= 11 is 0. The van der Waals surface area contributed by atoms with E-state index in [1.807, 2.05) is 23.7 Å². The highest BCUT2D eigenvalue weighted by Gasteiger charge is 2.22. The molecule has 1 saturated heterocycles. The molecule has 0 radical (unpaired) electrons. The van der Waals surface area contributed by atoms with Crippen molar-refractivity contribution >= 4 is 28.6 Å². The zero-order chi connectivity index (χ0) is 24.6. The van der Waals surface area contributed by atoms with Gasteiger partial charge in [-0.25, -0.2) is 4.99 Å². The number of nitrogens with one attached hydrogen (secondary N) is 1. The van der Waals surface area contributed by atoms with Crippen molar-refractivity contribution in [2.75, 3.05) is 31.1 Å². The topological polar surface area (TPSA) is 127 Å². The molecule has 0 atom stereocenters. The Hall–Kier alpha value is -4.28. The molecular formula is C25H26N6O4. The fourth-order valence-corrected chi connectivity index (χ4v) is 4.05. The van der Waals surface area contributed by atoms with Crippen LogP contribution in [-0.4, -0.2) is 58.0 Å². The molecule has 0 aromatic heterocycles. The minimum Gasteiger partial charge on any atom is -0.410 e. The van der Waals surface area contributed by atoms with Crippen molar-refractivity contribution in [1.29, 1.82) is 0 Å². The number of nitro groups is 1. The average Bonchev–Trinajstić information content (AvgIpc) is 2.90. The number of benzene rings is 3. The second-order valence-electron chi connectivity index (χ2n) is 8.07. The lowest BCUT2D eigenvalue weighted by molar-refractivity contribution is -0.384. The molecule has 0 aliphatic carbocycles. The van der Waals surface area contributed by atoms with Crippen molar-refractivity contribution in [2.45, 2.75) is 6.54 Å². The van der Waals surface area contributed by atoms with Crippen LogP contribution < -0.4 is 10.4 Å². The van der Waals surface area contributed by atoms with Gasteiger partial charge in [-0.2, -0.15) is 0 Å². The molecule has 0 amide bonds. The number of anilines is 1. The quantitative estimate of drug-likeness (QED) is 0.156. The summed E-state index contributed by atoms with van der Waals surface area (Å²) in [5.74, 6) is -0.216. The van der Waals surface area contributed by atoms with Gasteiger partial charge in [-0.3, -0.25) is 25.7 Å². The lowest BCUT2D eigenvalue weighted by Gasteiger charge is -2.36. The Morgan fingerprint density at radius 2 is 1.63 bits per heavy atom. The number of hydrogen-bond donors (Lipinski definition) is 3. The molecule has 3 aromatic rings. The minimum absolute atomic E-state index is 0.0350. The Bertz CT molecular complexity index is 1210. The van der Waals surface area contributed by atoms with Gasteiger partial charge in [0, 0.05) is 50.0 Å². The van der Waals surface area contributed by atoms with E-state index < -0.39 is 4.92 Å². The predicted molar refractivity (Wildman–Crippen MR) is 134 cm³/mol. The highest BCUT2D eigenvalue weighted by atomic mass is 16.6. The molecule has 10 heteroatoms. The smallest absolute Gasteiger partial charge is 0.295 e. The van der Waals surface area contributed by atoms with E-state index in [1.54, 1.807) is 42.5 Å². The Labute approximate surface area is 202 Å². The van der Waals surface area contributed by atoms with Crippen LogP contribution in [0.15, 0.2) is 89.0 Å². The molecule has 3 N–H and O–H groups in total. The van der Waals surface area contributed by atoms with E-state index in [1.165, 1.54) is 11.6 Å². The summed E-state index contributed by atoms with van der Waals surface area (Å²) in [5.41, 5.74) is 4.19. The van der Waals surface area contributed by atoms with Crippen LogP contribution in [0.5, 0.6) is 0 Å². The highest BCUT2D eigenvalue weighted by molar-refractivity contribution is 6.47. The molecule has 180 valence electrons. The van der Waals surface area contributed by atoms with Crippen molar-refractivity contribution in [1.82, 2.24) is 10.4 Å². The van der Waals surface area contributed by atoms with Gasteiger partial charge in [-0.05, 0) is 17.7 Å². The molecule has 3 aromatic carbocycles. The fraction of sp³-hybridized carbons (Fsp3) is 0.200. The number of nitrogens with zero attached hydrogens (tertiary/aromatic N) is 5. The normalized spacial score (nSPS) is 15.2. The van der Waals surface area contributed by atoms with E-state index in [9.17, 15) is 20.5 Å². The van der Waals surface area contributed by atoms with Crippen LogP contribution in [0.4, 0.5) is 17.1 Å². The first-order valence-corrected chi connectivity index (χ1v) is 11.2. The van der Waals surface area contributed by atoms with E-state index in [-0.39, 0.29) is 22.9 Å². The molecule has 0 saturated carbocycles. The third-order valence-electron chi connectivity index (χ3n) is 5.85. The van der Waals surface area contributed by atoms with Gasteiger partial charge in [0.15, 0.2) is 11.5 Å². The van der Waals surface area contributed by atoms with Crippen LogP contribution in [0.3, 0.4) is 0 Å². The van der Waals surface area contributed by atoms with Gasteiger partial charge in [0.25, 0.3) is 5.69 Å². The predicted octanol–water partition coefficient (Wildman–Crippen LogP) is 3.80. The molecule has 0 unspecified atom stereocenters. The van der Waals surface area contributed by atoms with E-state index in [4.69, 9.17) is 0 Å². The number of aliphatic imine (C=N–C) groups is 1. The highest BCUT2D eigenvalue weighted by Crippen LogP contribution is 2.33. The van der Waals surface area contributed by atoms with Crippen LogP contribution >= 0.6 is 0 Å². The minimum atomic E-state index is -0.534. The number of rotatable bonds is 7. The first kappa shape index (κ1) is 23.9. The molecule has 10 nitrogen and oxygen atoms in total. The van der Waals surface area contributed by atoms with Gasteiger partial charge < -0.3 is 10.1 Å². The zero-order valence-electron chi connectivity index (χ0n) is 19.0. The SMILES string of the molecule is O=[N+]([O-])c1ccc(N2CCN(Cc3ccccc3)CC2)cc1N=C(NO)C(=NO)c1ccccc1. The maximum atomic E-state index is 11.7. The van der Waals surface area contributed by atoms with Crippen molar-refractivity contribution in [3.8, 4) is 0 Å². The van der Waals surface area contributed by atoms with Gasteiger partial charge in [0.1, 0.15) is 5.69 Å². The molecule has 0 bridgehead atoms. The summed E-state index contributed by atoms with van der Waals surface area (Å²) < 4.78 is 0. The Morgan fingerprint density at radius 3 is 2.23 bits per heavy atom. The van der Waals surface area contributed by atoms with Gasteiger partial charge in [0.05, 0.1) is 4.92 Å². The summed E-state index contributed by atoms with van der Waals surface area (Å²) in [6, 6.07) is 23.6. The fourth-order valence-electron chi connectivity index (χ4n) is 4.05. The van der Waals surface area contributed by atoms with E-state index in [2.05, 4.69) is 32.1 Å². The number of hydrogen-bond acceptors (Lipinski definition) is 8. The summed E-state index contributed by atoms with van der Waals surface area (Å²) in [5, 5.41) is 34.1. The average molecular weight is 475 g/mol. The van der Waals surface area contributed by atoms with Crippen LogP contribution in [0.2, 0.25) is 0 Å². The monoisotopic (exact) mass is 474 g/mol. The molecule has 4 rings (SSSR count). The van der Waals surface area contributed by atoms with Crippen LogP contribution in [0, 0.1) is 10.1 Å². The lowest BCUT2D eigenvalue weighted by Crippen LogP contribution is -2.45.